The molecule has 1 saturated carbocycles. The lowest BCUT2D eigenvalue weighted by molar-refractivity contribution is -0.121. The zero-order valence-electron chi connectivity index (χ0n) is 10.7. The topological polar surface area (TPSA) is 64.3 Å². The summed E-state index contributed by atoms with van der Waals surface area (Å²) in [6, 6.07) is 7.71. The van der Waals surface area contributed by atoms with Crippen molar-refractivity contribution in [2.75, 3.05) is 13.7 Å². The highest BCUT2D eigenvalue weighted by atomic mass is 16.5. The predicted molar refractivity (Wildman–Crippen MR) is 70.4 cm³/mol. The van der Waals surface area contributed by atoms with Crippen LogP contribution in [-0.2, 0) is 11.2 Å². The third kappa shape index (κ3) is 3.23. The molecule has 0 heterocycles. The van der Waals surface area contributed by atoms with Gasteiger partial charge in [0.05, 0.1) is 13.5 Å². The molecule has 18 heavy (non-hydrogen) atoms. The van der Waals surface area contributed by atoms with Crippen molar-refractivity contribution in [2.24, 2.45) is 11.7 Å². The van der Waals surface area contributed by atoms with Crippen LogP contribution in [0.2, 0.25) is 0 Å². The number of hydrogen-bond acceptors (Lipinski definition) is 3. The fourth-order valence-electron chi connectivity index (χ4n) is 2.15. The van der Waals surface area contributed by atoms with Crippen LogP contribution in [0.15, 0.2) is 24.3 Å². The van der Waals surface area contributed by atoms with E-state index >= 15 is 0 Å². The van der Waals surface area contributed by atoms with Gasteiger partial charge < -0.3 is 15.8 Å². The third-order valence-electron chi connectivity index (χ3n) is 3.33. The van der Waals surface area contributed by atoms with Gasteiger partial charge in [0.2, 0.25) is 5.91 Å². The molecule has 4 heteroatoms. The summed E-state index contributed by atoms with van der Waals surface area (Å²) in [7, 11) is 1.61. The van der Waals surface area contributed by atoms with E-state index in [1.165, 1.54) is 12.8 Å². The Kier molecular flexibility index (Phi) is 4.20. The van der Waals surface area contributed by atoms with Crippen LogP contribution >= 0.6 is 0 Å². The second kappa shape index (κ2) is 5.87. The van der Waals surface area contributed by atoms with Gasteiger partial charge in [-0.25, -0.2) is 0 Å². The van der Waals surface area contributed by atoms with Crippen molar-refractivity contribution in [3.8, 4) is 5.75 Å². The molecule has 0 aromatic heterocycles. The Hall–Kier alpha value is -1.55. The predicted octanol–water partition coefficient (Wildman–Crippen LogP) is 1.09. The van der Waals surface area contributed by atoms with Crippen LogP contribution in [0.1, 0.15) is 18.4 Å². The molecule has 0 radical (unpaired) electrons. The van der Waals surface area contributed by atoms with Crippen molar-refractivity contribution in [3.63, 3.8) is 0 Å². The number of carbonyl (C=O) groups excluding carboxylic acids is 1. The lowest BCUT2D eigenvalue weighted by Crippen LogP contribution is -2.42. The summed E-state index contributed by atoms with van der Waals surface area (Å²) in [4.78, 5) is 12.0. The van der Waals surface area contributed by atoms with E-state index in [2.05, 4.69) is 5.32 Å². The van der Waals surface area contributed by atoms with Crippen molar-refractivity contribution >= 4 is 5.91 Å². The number of benzene rings is 1. The fraction of sp³-hybridized carbons (Fsp3) is 0.500. The van der Waals surface area contributed by atoms with Gasteiger partial charge in [-0.3, -0.25) is 4.79 Å². The molecule has 1 unspecified atom stereocenters. The molecule has 0 spiro atoms. The number of carbonyl (C=O) groups is 1. The maximum Gasteiger partial charge on any atom is 0.224 e. The van der Waals surface area contributed by atoms with E-state index in [1.54, 1.807) is 7.11 Å². The summed E-state index contributed by atoms with van der Waals surface area (Å²) in [5.74, 6) is 1.35. The van der Waals surface area contributed by atoms with Crippen molar-refractivity contribution < 1.29 is 9.53 Å². The normalized spacial score (nSPS) is 16.1. The summed E-state index contributed by atoms with van der Waals surface area (Å²) in [6.45, 7) is 0.516. The molecule has 2 rings (SSSR count). The number of nitrogens with one attached hydrogen (secondary N) is 1. The number of amides is 1. The minimum Gasteiger partial charge on any atom is -0.496 e. The van der Waals surface area contributed by atoms with E-state index in [0.29, 0.717) is 18.9 Å². The highest BCUT2D eigenvalue weighted by Gasteiger charge is 2.31. The maximum atomic E-state index is 12.0. The van der Waals surface area contributed by atoms with Gasteiger partial charge in [0.15, 0.2) is 0 Å². The van der Waals surface area contributed by atoms with Crippen LogP contribution in [0, 0.1) is 5.92 Å². The molecule has 98 valence electrons. The molecule has 4 nitrogen and oxygen atoms in total. The number of para-hydroxylation sites is 1. The molecule has 3 N–H and O–H groups in total. The third-order valence-corrected chi connectivity index (χ3v) is 3.33. The zero-order chi connectivity index (χ0) is 13.0. The quantitative estimate of drug-likeness (QED) is 0.792. The molecule has 1 fully saturated rings. The Morgan fingerprint density at radius 1 is 1.50 bits per heavy atom. The van der Waals surface area contributed by atoms with Crippen LogP contribution in [0.25, 0.3) is 0 Å². The molecule has 0 aliphatic heterocycles. The summed E-state index contributed by atoms with van der Waals surface area (Å²) >= 11 is 0. The molecule has 1 atom stereocenters. The molecular weight excluding hydrogens is 228 g/mol. The first-order valence-corrected chi connectivity index (χ1v) is 6.36. The molecule has 1 aromatic carbocycles. The first-order valence-electron chi connectivity index (χ1n) is 6.36. The van der Waals surface area contributed by atoms with Gasteiger partial charge in [0, 0.05) is 18.2 Å². The number of nitrogens with two attached hydrogens (primary N) is 1. The number of rotatable bonds is 6. The molecular formula is C14H20N2O2. The van der Waals surface area contributed by atoms with Gasteiger partial charge in [0.1, 0.15) is 5.75 Å². The van der Waals surface area contributed by atoms with Crippen molar-refractivity contribution in [1.29, 1.82) is 0 Å². The Morgan fingerprint density at radius 3 is 2.83 bits per heavy atom. The minimum absolute atomic E-state index is 0.0156. The van der Waals surface area contributed by atoms with Crippen LogP contribution in [0.3, 0.4) is 0 Å². The van der Waals surface area contributed by atoms with Gasteiger partial charge in [-0.15, -0.1) is 0 Å². The van der Waals surface area contributed by atoms with Crippen LogP contribution in [-0.4, -0.2) is 25.6 Å². The van der Waals surface area contributed by atoms with Crippen molar-refractivity contribution in [1.82, 2.24) is 5.32 Å². The standard InChI is InChI=1S/C14H20N2O2/c1-18-13-5-3-2-4-11(13)8-14(17)16-12(9-15)10-6-7-10/h2-5,10,12H,6-9,15H2,1H3,(H,16,17). The first kappa shape index (κ1) is 12.9. The van der Waals surface area contributed by atoms with Gasteiger partial charge in [-0.1, -0.05) is 18.2 Å². The van der Waals surface area contributed by atoms with E-state index in [4.69, 9.17) is 10.5 Å². The summed E-state index contributed by atoms with van der Waals surface area (Å²) in [6.07, 6.45) is 2.70. The van der Waals surface area contributed by atoms with Gasteiger partial charge in [-0.05, 0) is 24.8 Å². The molecule has 1 aliphatic carbocycles. The monoisotopic (exact) mass is 248 g/mol. The molecule has 1 amide bonds. The van der Waals surface area contributed by atoms with E-state index in [0.717, 1.165) is 11.3 Å². The second-order valence-corrected chi connectivity index (χ2v) is 4.74. The number of methoxy groups -OCH3 is 1. The number of hydrogen-bond donors (Lipinski definition) is 2. The Morgan fingerprint density at radius 2 is 2.22 bits per heavy atom. The minimum atomic E-state index is 0.0156. The lowest BCUT2D eigenvalue weighted by atomic mass is 10.1. The number of ether oxygens (including phenoxy) is 1. The average molecular weight is 248 g/mol. The maximum absolute atomic E-state index is 12.0. The first-order chi connectivity index (χ1) is 8.74. The Balaban J connectivity index is 1.93. The van der Waals surface area contributed by atoms with Crippen LogP contribution < -0.4 is 15.8 Å². The lowest BCUT2D eigenvalue weighted by Gasteiger charge is -2.16. The Bertz CT molecular complexity index is 416. The highest BCUT2D eigenvalue weighted by Crippen LogP contribution is 2.32. The fourth-order valence-corrected chi connectivity index (χ4v) is 2.15. The zero-order valence-corrected chi connectivity index (χ0v) is 10.7. The van der Waals surface area contributed by atoms with Gasteiger partial charge in [0.25, 0.3) is 0 Å². The molecule has 0 bridgehead atoms. The van der Waals surface area contributed by atoms with Crippen LogP contribution in [0.4, 0.5) is 0 Å². The average Bonchev–Trinajstić information content (AvgIpc) is 3.21. The van der Waals surface area contributed by atoms with Gasteiger partial charge in [-0.2, -0.15) is 0 Å². The van der Waals surface area contributed by atoms with Crippen molar-refractivity contribution in [2.45, 2.75) is 25.3 Å². The van der Waals surface area contributed by atoms with E-state index in [1.807, 2.05) is 24.3 Å². The molecule has 1 aromatic rings. The van der Waals surface area contributed by atoms with Gasteiger partial charge >= 0.3 is 0 Å². The summed E-state index contributed by atoms with van der Waals surface area (Å²) in [5.41, 5.74) is 6.58. The van der Waals surface area contributed by atoms with Crippen LogP contribution in [0.5, 0.6) is 5.75 Å². The summed E-state index contributed by atoms with van der Waals surface area (Å²) in [5, 5.41) is 3.01. The largest absolute Gasteiger partial charge is 0.496 e. The van der Waals surface area contributed by atoms with Crippen molar-refractivity contribution in [3.05, 3.63) is 29.8 Å². The summed E-state index contributed by atoms with van der Waals surface area (Å²) < 4.78 is 5.23. The van der Waals surface area contributed by atoms with E-state index in [-0.39, 0.29) is 11.9 Å². The Labute approximate surface area is 108 Å². The second-order valence-electron chi connectivity index (χ2n) is 4.74. The molecule has 1 aliphatic rings. The van der Waals surface area contributed by atoms with E-state index in [9.17, 15) is 4.79 Å². The molecule has 0 saturated heterocycles. The smallest absolute Gasteiger partial charge is 0.224 e. The van der Waals surface area contributed by atoms with E-state index < -0.39 is 0 Å². The SMILES string of the molecule is COc1ccccc1CC(=O)NC(CN)C1CC1. The highest BCUT2D eigenvalue weighted by molar-refractivity contribution is 5.79.